The number of urea groups is 1. The van der Waals surface area contributed by atoms with Gasteiger partial charge in [-0.3, -0.25) is 4.79 Å². The molecule has 4 fully saturated rings. The minimum Gasteiger partial charge on any atom is -0.469 e. The Labute approximate surface area is 208 Å². The van der Waals surface area contributed by atoms with Crippen LogP contribution in [0.15, 0.2) is 18.2 Å². The molecule has 34 heavy (non-hydrogen) atoms. The van der Waals surface area contributed by atoms with E-state index in [2.05, 4.69) is 43.5 Å². The van der Waals surface area contributed by atoms with Gasteiger partial charge in [-0.25, -0.2) is 4.79 Å². The van der Waals surface area contributed by atoms with Gasteiger partial charge in [0, 0.05) is 23.1 Å². The summed E-state index contributed by atoms with van der Waals surface area (Å²) < 4.78 is 4.92. The quantitative estimate of drug-likeness (QED) is 0.464. The molecule has 4 aliphatic rings. The first-order valence-electron chi connectivity index (χ1n) is 12.6. The molecule has 0 aliphatic heterocycles. The predicted molar refractivity (Wildman–Crippen MR) is 133 cm³/mol. The summed E-state index contributed by atoms with van der Waals surface area (Å²) >= 11 is 6.74. The number of hydrogen-bond acceptors (Lipinski definition) is 4. The van der Waals surface area contributed by atoms with Gasteiger partial charge >= 0.3 is 12.0 Å². The second-order valence-electron chi connectivity index (χ2n) is 12.1. The minimum atomic E-state index is -0.674. The second kappa shape index (κ2) is 9.02. The highest BCUT2D eigenvalue weighted by Gasteiger charge is 2.73. The molecule has 0 heterocycles. The maximum atomic E-state index is 13.2. The van der Waals surface area contributed by atoms with Gasteiger partial charge in [-0.1, -0.05) is 57.3 Å². The number of nitrogens with one attached hydrogen (secondary N) is 2. The lowest BCUT2D eigenvalue weighted by Crippen LogP contribution is -2.78. The van der Waals surface area contributed by atoms with E-state index in [1.807, 2.05) is 6.07 Å². The van der Waals surface area contributed by atoms with Gasteiger partial charge in [0.05, 0.1) is 18.1 Å². The molecule has 0 radical (unpaired) electrons. The molecule has 2 atom stereocenters. The summed E-state index contributed by atoms with van der Waals surface area (Å²) in [4.78, 5) is 25.2. The zero-order chi connectivity index (χ0) is 24.8. The van der Waals surface area contributed by atoms with Crippen LogP contribution in [0.25, 0.3) is 0 Å². The lowest BCUT2D eigenvalue weighted by molar-refractivity contribution is -0.199. The molecule has 1 aromatic rings. The first-order chi connectivity index (χ1) is 16.0. The van der Waals surface area contributed by atoms with Crippen LogP contribution in [0.2, 0.25) is 5.02 Å². The van der Waals surface area contributed by atoms with Gasteiger partial charge in [0.1, 0.15) is 0 Å². The monoisotopic (exact) mass is 490 g/mol. The standard InChI is InChI=1S/C27H39ClN2O4/c1-24(2,3)12-10-18-8-9-19(13-21(18)28)27(11-6-5-7-20(27)14-31)30-23(33)29-26-15-25(16-26,17-26)22(32)34-4/h8-9,13,20,31H,5-7,10-12,14-17H2,1-4H3,(H2,29,30,33). The Morgan fingerprint density at radius 1 is 1.18 bits per heavy atom. The fourth-order valence-electron chi connectivity index (χ4n) is 6.47. The van der Waals surface area contributed by atoms with Crippen LogP contribution in [0, 0.1) is 16.7 Å². The Morgan fingerprint density at radius 2 is 1.88 bits per heavy atom. The lowest BCUT2D eigenvalue weighted by Gasteiger charge is -2.68. The molecule has 0 spiro atoms. The highest BCUT2D eigenvalue weighted by molar-refractivity contribution is 6.31. The molecular formula is C27H39ClN2O4. The van der Waals surface area contributed by atoms with Gasteiger partial charge in [-0.05, 0) is 67.6 Å². The number of methoxy groups -OCH3 is 1. The SMILES string of the molecule is COC(=O)C12CC(NC(=O)NC3(c4ccc(CCC(C)(C)C)c(Cl)c4)CCCCC3CO)(C1)C2. The molecule has 1 aromatic carbocycles. The lowest BCUT2D eigenvalue weighted by atomic mass is 9.39. The number of carbonyl (C=O) groups is 2. The van der Waals surface area contributed by atoms with E-state index in [-0.39, 0.29) is 35.5 Å². The van der Waals surface area contributed by atoms with Crippen molar-refractivity contribution in [3.05, 3.63) is 34.3 Å². The van der Waals surface area contributed by atoms with Gasteiger partial charge < -0.3 is 20.5 Å². The first-order valence-corrected chi connectivity index (χ1v) is 12.9. The Kier molecular flexibility index (Phi) is 6.71. The van der Waals surface area contributed by atoms with Crippen molar-refractivity contribution in [2.24, 2.45) is 16.7 Å². The molecule has 6 nitrogen and oxygen atoms in total. The molecule has 5 rings (SSSR count). The van der Waals surface area contributed by atoms with Gasteiger partial charge in [-0.2, -0.15) is 0 Å². The number of benzene rings is 1. The number of rotatable bonds is 7. The van der Waals surface area contributed by atoms with E-state index in [0.717, 1.165) is 49.7 Å². The Hall–Kier alpha value is -1.79. The number of carbonyl (C=O) groups excluding carboxylic acids is 2. The fraction of sp³-hybridized carbons (Fsp3) is 0.704. The largest absolute Gasteiger partial charge is 0.469 e. The molecule has 2 unspecified atom stereocenters. The fourth-order valence-corrected chi connectivity index (χ4v) is 6.75. The predicted octanol–water partition coefficient (Wildman–Crippen LogP) is 5.09. The van der Waals surface area contributed by atoms with Gasteiger partial charge in [-0.15, -0.1) is 0 Å². The van der Waals surface area contributed by atoms with E-state index in [9.17, 15) is 14.7 Å². The van der Waals surface area contributed by atoms with E-state index < -0.39 is 11.0 Å². The normalized spacial score (nSPS) is 32.2. The first kappa shape index (κ1) is 25.3. The van der Waals surface area contributed by atoms with E-state index in [0.29, 0.717) is 24.3 Å². The molecule has 0 saturated heterocycles. The van der Waals surface area contributed by atoms with Crippen molar-refractivity contribution >= 4 is 23.6 Å². The molecule has 4 aliphatic carbocycles. The summed E-state index contributed by atoms with van der Waals surface area (Å²) in [5.41, 5.74) is 0.883. The van der Waals surface area contributed by atoms with Crippen molar-refractivity contribution in [2.45, 2.75) is 89.6 Å². The van der Waals surface area contributed by atoms with Crippen LogP contribution in [0.3, 0.4) is 0 Å². The topological polar surface area (TPSA) is 87.7 Å². The van der Waals surface area contributed by atoms with Crippen molar-refractivity contribution in [2.75, 3.05) is 13.7 Å². The third kappa shape index (κ3) is 4.56. The number of hydrogen-bond donors (Lipinski definition) is 3. The Bertz CT molecular complexity index is 937. The number of aryl methyl sites for hydroxylation is 1. The molecule has 188 valence electrons. The van der Waals surface area contributed by atoms with Crippen LogP contribution >= 0.6 is 11.6 Å². The Balaban J connectivity index is 1.52. The summed E-state index contributed by atoms with van der Waals surface area (Å²) in [7, 11) is 1.41. The molecular weight excluding hydrogens is 452 g/mol. The zero-order valence-corrected chi connectivity index (χ0v) is 21.7. The minimum absolute atomic E-state index is 0.000267. The van der Waals surface area contributed by atoms with E-state index in [4.69, 9.17) is 16.3 Å². The highest BCUT2D eigenvalue weighted by atomic mass is 35.5. The van der Waals surface area contributed by atoms with Crippen molar-refractivity contribution in [3.8, 4) is 0 Å². The second-order valence-corrected chi connectivity index (χ2v) is 12.5. The zero-order valence-electron chi connectivity index (χ0n) is 20.9. The summed E-state index contributed by atoms with van der Waals surface area (Å²) in [5, 5.41) is 17.4. The summed E-state index contributed by atoms with van der Waals surface area (Å²) in [6, 6.07) is 5.90. The Morgan fingerprint density at radius 3 is 2.47 bits per heavy atom. The number of aliphatic hydroxyl groups is 1. The third-order valence-electron chi connectivity index (χ3n) is 8.37. The average molecular weight is 491 g/mol. The molecule has 2 bridgehead atoms. The molecule has 3 N–H and O–H groups in total. The van der Waals surface area contributed by atoms with E-state index in [1.165, 1.54) is 7.11 Å². The van der Waals surface area contributed by atoms with Crippen LogP contribution in [0.5, 0.6) is 0 Å². The number of amides is 2. The third-order valence-corrected chi connectivity index (χ3v) is 8.72. The van der Waals surface area contributed by atoms with Crippen molar-refractivity contribution < 1.29 is 19.4 Å². The average Bonchev–Trinajstić information content (AvgIpc) is 2.73. The maximum absolute atomic E-state index is 13.2. The van der Waals surface area contributed by atoms with Gasteiger partial charge in [0.25, 0.3) is 0 Å². The smallest absolute Gasteiger partial charge is 0.315 e. The summed E-state index contributed by atoms with van der Waals surface area (Å²) in [6.45, 7) is 6.67. The molecule has 4 saturated carbocycles. The van der Waals surface area contributed by atoms with Crippen LogP contribution in [-0.4, -0.2) is 36.4 Å². The molecule has 7 heteroatoms. The van der Waals surface area contributed by atoms with E-state index >= 15 is 0 Å². The van der Waals surface area contributed by atoms with Gasteiger partial charge in [0.2, 0.25) is 0 Å². The number of esters is 1. The van der Waals surface area contributed by atoms with E-state index in [1.54, 1.807) is 0 Å². The van der Waals surface area contributed by atoms with Crippen LogP contribution < -0.4 is 10.6 Å². The number of aliphatic hydroxyl groups excluding tert-OH is 1. The number of ether oxygens (including phenoxy) is 1. The highest BCUT2D eigenvalue weighted by Crippen LogP contribution is 2.67. The van der Waals surface area contributed by atoms with Crippen molar-refractivity contribution in [1.29, 1.82) is 0 Å². The van der Waals surface area contributed by atoms with Gasteiger partial charge in [0.15, 0.2) is 0 Å². The number of halogens is 1. The maximum Gasteiger partial charge on any atom is 0.315 e. The van der Waals surface area contributed by atoms with Crippen LogP contribution in [0.4, 0.5) is 4.79 Å². The van der Waals surface area contributed by atoms with Crippen molar-refractivity contribution in [3.63, 3.8) is 0 Å². The molecule has 0 aromatic heterocycles. The summed E-state index contributed by atoms with van der Waals surface area (Å²) in [5.74, 6) is -0.264. The van der Waals surface area contributed by atoms with Crippen LogP contribution in [0.1, 0.15) is 83.3 Å². The van der Waals surface area contributed by atoms with Crippen LogP contribution in [-0.2, 0) is 21.5 Å². The van der Waals surface area contributed by atoms with Crippen molar-refractivity contribution in [1.82, 2.24) is 10.6 Å². The molecule has 2 amide bonds. The summed E-state index contributed by atoms with van der Waals surface area (Å²) in [6.07, 6.45) is 7.42.